The second-order valence-corrected chi connectivity index (χ2v) is 8.52. The zero-order valence-corrected chi connectivity index (χ0v) is 19.9. The highest BCUT2D eigenvalue weighted by molar-refractivity contribution is 6.31. The zero-order valence-electron chi connectivity index (χ0n) is 19.1. The van der Waals surface area contributed by atoms with Crippen LogP contribution >= 0.6 is 11.6 Å². The molecule has 1 N–H and O–H groups in total. The minimum Gasteiger partial charge on any atom is -0.337 e. The van der Waals surface area contributed by atoms with Crippen molar-refractivity contribution in [2.45, 2.75) is 20.0 Å². The van der Waals surface area contributed by atoms with E-state index in [1.807, 2.05) is 30.3 Å². The lowest BCUT2D eigenvalue weighted by Gasteiger charge is -2.14. The van der Waals surface area contributed by atoms with Crippen LogP contribution in [0.4, 0.5) is 5.69 Å². The van der Waals surface area contributed by atoms with Gasteiger partial charge in [0.25, 0.3) is 5.56 Å². The highest BCUT2D eigenvalue weighted by Crippen LogP contribution is 2.23. The maximum absolute atomic E-state index is 13.4. The number of amides is 1. The summed E-state index contributed by atoms with van der Waals surface area (Å²) in [5.74, 6) is -0.00751. The zero-order chi connectivity index (χ0) is 25.2. The molecule has 0 saturated heterocycles. The fraction of sp³-hybridized carbons (Fsp3) is 0.115. The van der Waals surface area contributed by atoms with Crippen LogP contribution in [0, 0.1) is 6.92 Å². The van der Waals surface area contributed by atoms with Gasteiger partial charge >= 0.3 is 5.69 Å². The topological polar surface area (TPSA) is 112 Å². The third kappa shape index (κ3) is 4.44. The second kappa shape index (κ2) is 9.63. The molecule has 0 aliphatic heterocycles. The largest absolute Gasteiger partial charge is 0.337 e. The number of para-hydroxylation sites is 1. The summed E-state index contributed by atoms with van der Waals surface area (Å²) in [4.78, 5) is 43.9. The molecule has 10 heteroatoms. The Balaban J connectivity index is 1.51. The third-order valence-electron chi connectivity index (χ3n) is 5.77. The van der Waals surface area contributed by atoms with Crippen molar-refractivity contribution in [2.75, 3.05) is 5.32 Å². The van der Waals surface area contributed by atoms with E-state index >= 15 is 0 Å². The molecule has 180 valence electrons. The maximum atomic E-state index is 13.4. The number of anilines is 1. The Kier molecular flexibility index (Phi) is 6.22. The van der Waals surface area contributed by atoms with E-state index in [1.54, 1.807) is 49.4 Å². The Bertz CT molecular complexity index is 1710. The molecule has 0 unspecified atom stereocenters. The monoisotopic (exact) mass is 501 g/mol. The molecule has 0 saturated carbocycles. The Morgan fingerprint density at radius 2 is 1.72 bits per heavy atom. The molecule has 36 heavy (non-hydrogen) atoms. The second-order valence-electron chi connectivity index (χ2n) is 8.12. The smallest absolute Gasteiger partial charge is 0.332 e. The van der Waals surface area contributed by atoms with Gasteiger partial charge in [-0.1, -0.05) is 65.3 Å². The van der Waals surface area contributed by atoms with Crippen molar-refractivity contribution < 1.29 is 9.32 Å². The summed E-state index contributed by atoms with van der Waals surface area (Å²) in [7, 11) is 0. The van der Waals surface area contributed by atoms with Crippen LogP contribution in [0.25, 0.3) is 22.3 Å². The number of carbonyl (C=O) groups is 1. The van der Waals surface area contributed by atoms with E-state index in [-0.39, 0.29) is 24.4 Å². The number of halogens is 1. The molecule has 5 aromatic rings. The van der Waals surface area contributed by atoms with Gasteiger partial charge in [-0.05, 0) is 36.8 Å². The number of nitrogens with one attached hydrogen (secondary N) is 1. The molecule has 5 rings (SSSR count). The van der Waals surface area contributed by atoms with Gasteiger partial charge in [0.15, 0.2) is 0 Å². The third-order valence-corrected chi connectivity index (χ3v) is 6.18. The first kappa shape index (κ1) is 23.3. The highest BCUT2D eigenvalue weighted by Gasteiger charge is 2.18. The SMILES string of the molecule is Cc1c(Cl)cccc1NC(=O)Cn1c(=O)n(Cc2nc(-c3ccccc3)no2)c(=O)c2ccccc21. The normalized spacial score (nSPS) is 11.1. The fourth-order valence-corrected chi connectivity index (χ4v) is 4.07. The van der Waals surface area contributed by atoms with Gasteiger partial charge in [-0.2, -0.15) is 4.98 Å². The van der Waals surface area contributed by atoms with E-state index in [1.165, 1.54) is 4.57 Å². The summed E-state index contributed by atoms with van der Waals surface area (Å²) < 4.78 is 7.55. The minimum atomic E-state index is -0.670. The van der Waals surface area contributed by atoms with Crippen LogP contribution in [0.2, 0.25) is 5.02 Å². The number of carbonyl (C=O) groups excluding carboxylic acids is 1. The van der Waals surface area contributed by atoms with Gasteiger partial charge in [0.1, 0.15) is 13.1 Å². The predicted octanol–water partition coefficient (Wildman–Crippen LogP) is 3.86. The van der Waals surface area contributed by atoms with E-state index in [2.05, 4.69) is 15.5 Å². The molecule has 0 fully saturated rings. The number of nitrogens with zero attached hydrogens (tertiary/aromatic N) is 4. The van der Waals surface area contributed by atoms with Crippen molar-refractivity contribution >= 4 is 34.1 Å². The molecule has 0 atom stereocenters. The highest BCUT2D eigenvalue weighted by atomic mass is 35.5. The molecular weight excluding hydrogens is 482 g/mol. The van der Waals surface area contributed by atoms with E-state index in [0.717, 1.165) is 10.1 Å². The van der Waals surface area contributed by atoms with Gasteiger partial charge in [0.05, 0.1) is 10.9 Å². The Labute approximate surface area is 209 Å². The summed E-state index contributed by atoms with van der Waals surface area (Å²) in [5, 5.41) is 7.53. The summed E-state index contributed by atoms with van der Waals surface area (Å²) in [5.41, 5.74) is 1.15. The average Bonchev–Trinajstić information content (AvgIpc) is 3.36. The van der Waals surface area contributed by atoms with Gasteiger partial charge in [-0.15, -0.1) is 0 Å². The van der Waals surface area contributed by atoms with Crippen LogP contribution in [0.15, 0.2) is 86.9 Å². The van der Waals surface area contributed by atoms with Crippen LogP contribution in [-0.2, 0) is 17.9 Å². The van der Waals surface area contributed by atoms with Crippen LogP contribution in [-0.4, -0.2) is 25.2 Å². The quantitative estimate of drug-likeness (QED) is 0.378. The fourth-order valence-electron chi connectivity index (χ4n) is 3.90. The molecular formula is C26H20ClN5O4. The predicted molar refractivity (Wildman–Crippen MR) is 136 cm³/mol. The van der Waals surface area contributed by atoms with Crippen LogP contribution in [0.1, 0.15) is 11.5 Å². The molecule has 9 nitrogen and oxygen atoms in total. The molecule has 3 aromatic carbocycles. The molecule has 1 amide bonds. The lowest BCUT2D eigenvalue weighted by Crippen LogP contribution is -2.42. The maximum Gasteiger partial charge on any atom is 0.332 e. The molecule has 2 aromatic heterocycles. The number of fused-ring (bicyclic) bond motifs is 1. The molecule has 0 radical (unpaired) electrons. The summed E-state index contributed by atoms with van der Waals surface area (Å²) >= 11 is 6.15. The molecule has 0 spiro atoms. The van der Waals surface area contributed by atoms with Crippen molar-refractivity contribution in [2.24, 2.45) is 0 Å². The minimum absolute atomic E-state index is 0.0916. The lowest BCUT2D eigenvalue weighted by molar-refractivity contribution is -0.116. The van der Waals surface area contributed by atoms with Crippen molar-refractivity contribution in [3.8, 4) is 11.4 Å². The van der Waals surface area contributed by atoms with Crippen molar-refractivity contribution in [3.63, 3.8) is 0 Å². The van der Waals surface area contributed by atoms with Crippen molar-refractivity contribution in [1.82, 2.24) is 19.3 Å². The van der Waals surface area contributed by atoms with E-state index in [9.17, 15) is 14.4 Å². The molecule has 0 aliphatic carbocycles. The summed E-state index contributed by atoms with van der Waals surface area (Å²) in [6, 6.07) is 21.0. The van der Waals surface area contributed by atoms with Gasteiger partial charge in [0, 0.05) is 16.3 Å². The van der Waals surface area contributed by atoms with Crippen molar-refractivity contribution in [1.29, 1.82) is 0 Å². The lowest BCUT2D eigenvalue weighted by atomic mass is 10.2. The first-order valence-electron chi connectivity index (χ1n) is 11.1. The first-order chi connectivity index (χ1) is 17.4. The van der Waals surface area contributed by atoms with E-state index in [4.69, 9.17) is 16.1 Å². The Morgan fingerprint density at radius 3 is 2.53 bits per heavy atom. The van der Waals surface area contributed by atoms with Crippen molar-refractivity contribution in [3.05, 3.63) is 110 Å². The number of hydrogen-bond donors (Lipinski definition) is 1. The Hall–Kier alpha value is -4.50. The average molecular weight is 502 g/mol. The van der Waals surface area contributed by atoms with E-state index in [0.29, 0.717) is 27.6 Å². The first-order valence-corrected chi connectivity index (χ1v) is 11.5. The molecule has 0 bridgehead atoms. The number of aromatic nitrogens is 4. The summed E-state index contributed by atoms with van der Waals surface area (Å²) in [6.45, 7) is 1.23. The van der Waals surface area contributed by atoms with Gasteiger partial charge in [-0.25, -0.2) is 4.79 Å². The number of rotatable bonds is 6. The number of benzene rings is 3. The molecule has 2 heterocycles. The van der Waals surface area contributed by atoms with Gasteiger partial charge in [0.2, 0.25) is 17.6 Å². The number of hydrogen-bond acceptors (Lipinski definition) is 6. The van der Waals surface area contributed by atoms with Gasteiger partial charge < -0.3 is 9.84 Å². The van der Waals surface area contributed by atoms with Crippen LogP contribution < -0.4 is 16.6 Å². The summed E-state index contributed by atoms with van der Waals surface area (Å²) in [6.07, 6.45) is 0. The van der Waals surface area contributed by atoms with Crippen LogP contribution in [0.3, 0.4) is 0 Å². The van der Waals surface area contributed by atoms with Gasteiger partial charge in [-0.3, -0.25) is 18.7 Å². The van der Waals surface area contributed by atoms with E-state index < -0.39 is 17.2 Å². The standard InChI is InChI=1S/C26H20ClN5O4/c1-16-19(27)11-7-12-20(16)28-22(33)14-31-21-13-6-5-10-18(21)25(34)32(26(31)35)15-23-29-24(30-36-23)17-8-3-2-4-9-17/h2-13H,14-15H2,1H3,(H,28,33). The Morgan fingerprint density at radius 1 is 0.972 bits per heavy atom. The molecule has 0 aliphatic rings. The van der Waals surface area contributed by atoms with Crippen LogP contribution in [0.5, 0.6) is 0 Å².